The molecule has 1 heterocycles. The fourth-order valence-corrected chi connectivity index (χ4v) is 1.01. The van der Waals surface area contributed by atoms with Crippen molar-refractivity contribution < 1.29 is 9.47 Å². The van der Waals surface area contributed by atoms with E-state index in [1.54, 1.807) is 0 Å². The molecule has 11 heavy (non-hydrogen) atoms. The van der Waals surface area contributed by atoms with Crippen molar-refractivity contribution in [2.45, 2.75) is 32.7 Å². The number of rotatable bonds is 1. The van der Waals surface area contributed by atoms with Gasteiger partial charge in [-0.25, -0.2) is 0 Å². The summed E-state index contributed by atoms with van der Waals surface area (Å²) < 4.78 is 10.9. The minimum absolute atomic E-state index is 0.0440. The van der Waals surface area contributed by atoms with Crippen LogP contribution < -0.4 is 0 Å². The Morgan fingerprint density at radius 2 is 2.27 bits per heavy atom. The summed E-state index contributed by atoms with van der Waals surface area (Å²) in [5, 5.41) is 0. The first-order valence-corrected chi connectivity index (χ1v) is 3.73. The zero-order valence-electron chi connectivity index (χ0n) is 7.31. The van der Waals surface area contributed by atoms with E-state index < -0.39 is 5.79 Å². The lowest BCUT2D eigenvalue weighted by molar-refractivity contribution is -0.134. The van der Waals surface area contributed by atoms with Gasteiger partial charge in [-0.05, 0) is 26.3 Å². The smallest absolute Gasteiger partial charge is 0.163 e. The zero-order valence-corrected chi connectivity index (χ0v) is 7.31. The largest absolute Gasteiger partial charge is 0.347 e. The van der Waals surface area contributed by atoms with Gasteiger partial charge in [-0.2, -0.15) is 0 Å². The van der Waals surface area contributed by atoms with Crippen LogP contribution in [0.4, 0.5) is 0 Å². The second-order valence-corrected chi connectivity index (χ2v) is 3.18. The Kier molecular flexibility index (Phi) is 2.19. The Balaban J connectivity index is 2.62. The van der Waals surface area contributed by atoms with Crippen LogP contribution in [0.2, 0.25) is 0 Å². The van der Waals surface area contributed by atoms with E-state index in [2.05, 4.69) is 12.3 Å². The topological polar surface area (TPSA) is 18.5 Å². The van der Waals surface area contributed by atoms with Crippen LogP contribution in [-0.4, -0.2) is 18.5 Å². The maximum atomic E-state index is 5.54. The lowest BCUT2D eigenvalue weighted by Gasteiger charge is -2.16. The number of hydrogen-bond donors (Lipinski definition) is 0. The highest BCUT2D eigenvalue weighted by Crippen LogP contribution is 2.25. The van der Waals surface area contributed by atoms with E-state index in [1.807, 2.05) is 20.8 Å². The molecular weight excluding hydrogens is 140 g/mol. The monoisotopic (exact) mass is 154 g/mol. The highest BCUT2D eigenvalue weighted by atomic mass is 16.7. The Bertz CT molecular complexity index is 200. The first-order valence-electron chi connectivity index (χ1n) is 3.73. The summed E-state index contributed by atoms with van der Waals surface area (Å²) in [6, 6.07) is 0. The molecule has 1 aliphatic rings. The molecular formula is C9H14O2. The van der Waals surface area contributed by atoms with Gasteiger partial charge in [0.05, 0.1) is 6.61 Å². The molecule has 1 rings (SSSR count). The highest BCUT2D eigenvalue weighted by molar-refractivity contribution is 5.04. The van der Waals surface area contributed by atoms with Crippen LogP contribution in [0.1, 0.15) is 20.8 Å². The Labute approximate surface area is 67.5 Å². The molecule has 0 aliphatic carbocycles. The van der Waals surface area contributed by atoms with Crippen LogP contribution in [-0.2, 0) is 9.47 Å². The lowest BCUT2D eigenvalue weighted by atomic mass is 10.2. The molecule has 0 amide bonds. The van der Waals surface area contributed by atoms with E-state index in [0.717, 1.165) is 5.57 Å². The summed E-state index contributed by atoms with van der Waals surface area (Å²) in [6.45, 7) is 9.93. The predicted octanol–water partition coefficient (Wildman–Crippen LogP) is 1.87. The Hall–Kier alpha value is -0.560. The normalized spacial score (nSPS) is 28.1. The summed E-state index contributed by atoms with van der Waals surface area (Å²) in [4.78, 5) is 0. The molecule has 0 spiro atoms. The average molecular weight is 154 g/mol. The average Bonchev–Trinajstić information content (AvgIpc) is 2.29. The quantitative estimate of drug-likeness (QED) is 0.537. The summed E-state index contributed by atoms with van der Waals surface area (Å²) in [7, 11) is 0. The van der Waals surface area contributed by atoms with Crippen LogP contribution in [0.3, 0.4) is 0 Å². The van der Waals surface area contributed by atoms with Crippen molar-refractivity contribution in [1.82, 2.24) is 0 Å². The maximum absolute atomic E-state index is 5.54. The van der Waals surface area contributed by atoms with Crippen LogP contribution >= 0.6 is 0 Å². The Morgan fingerprint density at radius 1 is 1.64 bits per heavy atom. The van der Waals surface area contributed by atoms with Crippen molar-refractivity contribution in [2.24, 2.45) is 0 Å². The molecule has 0 bridgehead atoms. The fraction of sp³-hybridized carbons (Fsp3) is 0.667. The molecule has 0 aromatic carbocycles. The van der Waals surface area contributed by atoms with Crippen LogP contribution in [0.5, 0.6) is 0 Å². The van der Waals surface area contributed by atoms with Gasteiger partial charge >= 0.3 is 0 Å². The van der Waals surface area contributed by atoms with E-state index in [4.69, 9.17) is 9.47 Å². The minimum Gasteiger partial charge on any atom is -0.347 e. The van der Waals surface area contributed by atoms with E-state index in [-0.39, 0.29) is 6.10 Å². The molecule has 62 valence electrons. The minimum atomic E-state index is -0.442. The molecule has 1 saturated heterocycles. The number of hydrogen-bond acceptors (Lipinski definition) is 2. The first-order chi connectivity index (χ1) is 5.05. The van der Waals surface area contributed by atoms with Crippen LogP contribution in [0.25, 0.3) is 0 Å². The van der Waals surface area contributed by atoms with E-state index in [9.17, 15) is 0 Å². The fourth-order valence-electron chi connectivity index (χ4n) is 1.01. The molecule has 1 aliphatic heterocycles. The van der Waals surface area contributed by atoms with Gasteiger partial charge in [0, 0.05) is 0 Å². The van der Waals surface area contributed by atoms with E-state index in [0.29, 0.717) is 6.61 Å². The van der Waals surface area contributed by atoms with Gasteiger partial charge in [0.2, 0.25) is 0 Å². The van der Waals surface area contributed by atoms with Crippen molar-refractivity contribution in [1.29, 1.82) is 0 Å². The number of ether oxygens (including phenoxy) is 2. The van der Waals surface area contributed by atoms with Gasteiger partial charge in [0.1, 0.15) is 6.10 Å². The second-order valence-electron chi connectivity index (χ2n) is 3.18. The second kappa shape index (κ2) is 2.82. The molecule has 2 heteroatoms. The van der Waals surface area contributed by atoms with Crippen molar-refractivity contribution in [3.63, 3.8) is 0 Å². The lowest BCUT2D eigenvalue weighted by Crippen LogP contribution is -2.21. The standard InChI is InChI=1S/C9H14O2/c1-5-7(2)8-6-10-9(3,4)11-8/h8H,1,6H2,2-4H3. The van der Waals surface area contributed by atoms with Gasteiger partial charge in [-0.1, -0.05) is 6.58 Å². The molecule has 1 fully saturated rings. The first kappa shape index (κ1) is 8.54. The van der Waals surface area contributed by atoms with Gasteiger partial charge in [0.15, 0.2) is 5.79 Å². The maximum Gasteiger partial charge on any atom is 0.163 e. The van der Waals surface area contributed by atoms with Crippen molar-refractivity contribution in [2.75, 3.05) is 6.61 Å². The molecule has 0 aromatic rings. The SMILES string of the molecule is C=C=C(C)C1COC(C)(C)O1. The molecule has 1 unspecified atom stereocenters. The van der Waals surface area contributed by atoms with E-state index in [1.165, 1.54) is 0 Å². The van der Waals surface area contributed by atoms with Crippen molar-refractivity contribution in [3.8, 4) is 0 Å². The third kappa shape index (κ3) is 1.93. The zero-order chi connectivity index (χ0) is 8.48. The van der Waals surface area contributed by atoms with Crippen LogP contribution in [0, 0.1) is 0 Å². The molecule has 0 N–H and O–H groups in total. The van der Waals surface area contributed by atoms with Crippen LogP contribution in [0.15, 0.2) is 17.9 Å². The third-order valence-electron chi connectivity index (χ3n) is 1.77. The molecule has 0 aromatic heterocycles. The third-order valence-corrected chi connectivity index (χ3v) is 1.77. The van der Waals surface area contributed by atoms with Gasteiger partial charge in [-0.15, -0.1) is 5.73 Å². The van der Waals surface area contributed by atoms with Crippen molar-refractivity contribution in [3.05, 3.63) is 17.9 Å². The summed E-state index contributed by atoms with van der Waals surface area (Å²) in [5.74, 6) is -0.442. The molecule has 0 radical (unpaired) electrons. The summed E-state index contributed by atoms with van der Waals surface area (Å²) in [6.07, 6.45) is 0.0440. The molecule has 1 atom stereocenters. The Morgan fingerprint density at radius 3 is 2.64 bits per heavy atom. The molecule has 0 saturated carbocycles. The highest BCUT2D eigenvalue weighted by Gasteiger charge is 2.33. The van der Waals surface area contributed by atoms with E-state index >= 15 is 0 Å². The predicted molar refractivity (Wildman–Crippen MR) is 43.2 cm³/mol. The van der Waals surface area contributed by atoms with Crippen molar-refractivity contribution >= 4 is 0 Å². The molecule has 2 nitrogen and oxygen atoms in total. The summed E-state index contributed by atoms with van der Waals surface area (Å²) in [5.41, 5.74) is 3.82. The summed E-state index contributed by atoms with van der Waals surface area (Å²) >= 11 is 0. The van der Waals surface area contributed by atoms with Gasteiger partial charge < -0.3 is 9.47 Å². The van der Waals surface area contributed by atoms with Gasteiger partial charge in [0.25, 0.3) is 0 Å². The van der Waals surface area contributed by atoms with Gasteiger partial charge in [-0.3, -0.25) is 0 Å².